The molecule has 0 bridgehead atoms. The maximum Gasteiger partial charge on any atom is 0.140 e. The van der Waals surface area contributed by atoms with E-state index in [0.717, 1.165) is 36.2 Å². The molecule has 0 unspecified atom stereocenters. The Morgan fingerprint density at radius 3 is 2.32 bits per heavy atom. The molecule has 0 aliphatic carbocycles. The number of hydrogen-bond donors (Lipinski definition) is 1. The van der Waals surface area contributed by atoms with Gasteiger partial charge in [0.05, 0.1) is 12.1 Å². The van der Waals surface area contributed by atoms with Crippen LogP contribution in [-0.4, -0.2) is 20.2 Å². The average molecular weight is 282 g/mol. The highest BCUT2D eigenvalue weighted by molar-refractivity contribution is 6.33. The van der Waals surface area contributed by atoms with Crippen molar-refractivity contribution in [2.24, 2.45) is 5.92 Å². The molecule has 1 aliphatic heterocycles. The summed E-state index contributed by atoms with van der Waals surface area (Å²) in [5.74, 6) is 1.62. The zero-order valence-corrected chi connectivity index (χ0v) is 13.2. The quantitative estimate of drug-likeness (QED) is 0.909. The summed E-state index contributed by atoms with van der Waals surface area (Å²) >= 11 is 6.46. The Balaban J connectivity index is 2.34. The Labute approximate surface area is 121 Å². The fourth-order valence-corrected chi connectivity index (χ4v) is 3.40. The van der Waals surface area contributed by atoms with Crippen molar-refractivity contribution >= 4 is 11.6 Å². The van der Waals surface area contributed by atoms with E-state index in [1.165, 1.54) is 35.1 Å². The monoisotopic (exact) mass is 281 g/mol. The van der Waals surface area contributed by atoms with Crippen molar-refractivity contribution in [1.82, 2.24) is 5.32 Å². The van der Waals surface area contributed by atoms with Gasteiger partial charge in [0.25, 0.3) is 0 Å². The lowest BCUT2D eigenvalue weighted by atomic mass is 9.86. The molecule has 0 aromatic heterocycles. The summed E-state index contributed by atoms with van der Waals surface area (Å²) in [5.41, 5.74) is 5.15. The van der Waals surface area contributed by atoms with Crippen molar-refractivity contribution in [1.29, 1.82) is 0 Å². The van der Waals surface area contributed by atoms with Crippen LogP contribution in [0.2, 0.25) is 5.02 Å². The van der Waals surface area contributed by atoms with E-state index in [2.05, 4.69) is 26.1 Å². The van der Waals surface area contributed by atoms with Crippen LogP contribution in [0.25, 0.3) is 0 Å². The smallest absolute Gasteiger partial charge is 0.140 e. The Kier molecular flexibility index (Phi) is 4.75. The predicted octanol–water partition coefficient (Wildman–Crippen LogP) is 3.82. The van der Waals surface area contributed by atoms with Gasteiger partial charge in [-0.15, -0.1) is 0 Å². The maximum atomic E-state index is 6.46. The molecule has 1 saturated heterocycles. The summed E-state index contributed by atoms with van der Waals surface area (Å²) in [6.45, 7) is 8.70. The Hall–Kier alpha value is -0.730. The van der Waals surface area contributed by atoms with E-state index in [-0.39, 0.29) is 0 Å². The summed E-state index contributed by atoms with van der Waals surface area (Å²) in [6.07, 6.45) is 3.67. The lowest BCUT2D eigenvalue weighted by Gasteiger charge is -2.25. The van der Waals surface area contributed by atoms with Crippen LogP contribution in [0.3, 0.4) is 0 Å². The largest absolute Gasteiger partial charge is 0.495 e. The van der Waals surface area contributed by atoms with Gasteiger partial charge in [0.1, 0.15) is 5.75 Å². The number of rotatable bonds is 3. The molecule has 1 fully saturated rings. The molecule has 2 nitrogen and oxygen atoms in total. The first kappa shape index (κ1) is 14.7. The van der Waals surface area contributed by atoms with Gasteiger partial charge in [-0.1, -0.05) is 11.6 Å². The number of piperidine rings is 1. The molecule has 1 aromatic rings. The van der Waals surface area contributed by atoms with Gasteiger partial charge >= 0.3 is 0 Å². The van der Waals surface area contributed by atoms with Crippen molar-refractivity contribution in [2.75, 3.05) is 20.2 Å². The fraction of sp³-hybridized carbons (Fsp3) is 0.625. The lowest BCUT2D eigenvalue weighted by Crippen LogP contribution is -2.29. The second-order valence-electron chi connectivity index (χ2n) is 5.60. The molecule has 19 heavy (non-hydrogen) atoms. The van der Waals surface area contributed by atoms with Crippen LogP contribution < -0.4 is 10.1 Å². The molecule has 0 radical (unpaired) electrons. The normalized spacial score (nSPS) is 16.7. The highest BCUT2D eigenvalue weighted by Gasteiger charge is 2.20. The number of methoxy groups -OCH3 is 1. The van der Waals surface area contributed by atoms with E-state index in [9.17, 15) is 0 Å². The van der Waals surface area contributed by atoms with Crippen molar-refractivity contribution in [3.05, 3.63) is 27.3 Å². The van der Waals surface area contributed by atoms with Crippen LogP contribution in [0.15, 0.2) is 0 Å². The van der Waals surface area contributed by atoms with Gasteiger partial charge in [-0.2, -0.15) is 0 Å². The first-order valence-electron chi connectivity index (χ1n) is 7.09. The number of ether oxygens (including phenoxy) is 1. The summed E-state index contributed by atoms with van der Waals surface area (Å²) in [6, 6.07) is 0. The van der Waals surface area contributed by atoms with Gasteiger partial charge in [-0.3, -0.25) is 0 Å². The molecular weight excluding hydrogens is 258 g/mol. The maximum absolute atomic E-state index is 6.46. The average Bonchev–Trinajstić information content (AvgIpc) is 2.43. The van der Waals surface area contributed by atoms with Gasteiger partial charge < -0.3 is 10.1 Å². The number of hydrogen-bond acceptors (Lipinski definition) is 2. The van der Waals surface area contributed by atoms with Crippen molar-refractivity contribution in [3.63, 3.8) is 0 Å². The standard InChI is InChI=1S/C16H24ClNO/c1-10-11(2)16(19-4)15(17)12(3)14(10)9-13-5-7-18-8-6-13/h13,18H,5-9H2,1-4H3. The molecule has 2 rings (SSSR count). The van der Waals surface area contributed by atoms with E-state index in [1.54, 1.807) is 7.11 Å². The van der Waals surface area contributed by atoms with Crippen LogP contribution in [-0.2, 0) is 6.42 Å². The molecular formula is C16H24ClNO. The summed E-state index contributed by atoms with van der Waals surface area (Å²) in [5, 5.41) is 4.21. The summed E-state index contributed by atoms with van der Waals surface area (Å²) in [4.78, 5) is 0. The molecule has 106 valence electrons. The second-order valence-corrected chi connectivity index (χ2v) is 5.98. The Bertz CT molecular complexity index is 435. The molecule has 0 spiro atoms. The van der Waals surface area contributed by atoms with E-state index < -0.39 is 0 Å². The third-order valence-corrected chi connectivity index (χ3v) is 4.95. The second kappa shape index (κ2) is 6.15. The van der Waals surface area contributed by atoms with E-state index in [1.807, 2.05) is 0 Å². The Morgan fingerprint density at radius 1 is 1.11 bits per heavy atom. The third kappa shape index (κ3) is 2.90. The minimum atomic E-state index is 0.780. The highest BCUT2D eigenvalue weighted by atomic mass is 35.5. The topological polar surface area (TPSA) is 21.3 Å². The van der Waals surface area contributed by atoms with Gasteiger partial charge in [-0.05, 0) is 81.3 Å². The minimum Gasteiger partial charge on any atom is -0.495 e. The van der Waals surface area contributed by atoms with Gasteiger partial charge in [0, 0.05) is 0 Å². The molecule has 3 heteroatoms. The first-order chi connectivity index (χ1) is 9.06. The molecule has 0 saturated carbocycles. The van der Waals surface area contributed by atoms with Crippen LogP contribution in [0.1, 0.15) is 35.1 Å². The van der Waals surface area contributed by atoms with Crippen LogP contribution >= 0.6 is 11.6 Å². The van der Waals surface area contributed by atoms with Gasteiger partial charge in [0.2, 0.25) is 0 Å². The van der Waals surface area contributed by atoms with Crippen LogP contribution in [0.5, 0.6) is 5.75 Å². The third-order valence-electron chi connectivity index (χ3n) is 4.49. The zero-order valence-electron chi connectivity index (χ0n) is 12.4. The lowest BCUT2D eigenvalue weighted by molar-refractivity contribution is 0.371. The van der Waals surface area contributed by atoms with E-state index >= 15 is 0 Å². The molecule has 1 heterocycles. The van der Waals surface area contributed by atoms with Gasteiger partial charge in [-0.25, -0.2) is 0 Å². The molecule has 1 aliphatic rings. The van der Waals surface area contributed by atoms with Crippen molar-refractivity contribution < 1.29 is 4.74 Å². The van der Waals surface area contributed by atoms with E-state index in [0.29, 0.717) is 0 Å². The fourth-order valence-electron chi connectivity index (χ4n) is 3.07. The minimum absolute atomic E-state index is 0.780. The highest BCUT2D eigenvalue weighted by Crippen LogP contribution is 2.38. The van der Waals surface area contributed by atoms with E-state index in [4.69, 9.17) is 16.3 Å². The molecule has 0 amide bonds. The van der Waals surface area contributed by atoms with Crippen LogP contribution in [0, 0.1) is 26.7 Å². The molecule has 1 N–H and O–H groups in total. The van der Waals surface area contributed by atoms with Crippen LogP contribution in [0.4, 0.5) is 0 Å². The van der Waals surface area contributed by atoms with Crippen molar-refractivity contribution in [3.8, 4) is 5.75 Å². The number of nitrogens with one attached hydrogen (secondary N) is 1. The molecule has 0 atom stereocenters. The zero-order chi connectivity index (χ0) is 14.0. The first-order valence-corrected chi connectivity index (χ1v) is 7.46. The summed E-state index contributed by atoms with van der Waals surface area (Å²) < 4.78 is 5.44. The number of halogens is 1. The summed E-state index contributed by atoms with van der Waals surface area (Å²) in [7, 11) is 1.69. The predicted molar refractivity (Wildman–Crippen MR) is 81.5 cm³/mol. The van der Waals surface area contributed by atoms with Crippen molar-refractivity contribution in [2.45, 2.75) is 40.0 Å². The SMILES string of the molecule is COc1c(C)c(C)c(CC2CCNCC2)c(C)c1Cl. The molecule has 1 aromatic carbocycles. The number of benzene rings is 1. The van der Waals surface area contributed by atoms with Gasteiger partial charge in [0.15, 0.2) is 0 Å². The Morgan fingerprint density at radius 2 is 1.74 bits per heavy atom.